The van der Waals surface area contributed by atoms with Crippen LogP contribution in [0.25, 0.3) is 0 Å². The Hall–Kier alpha value is -1.57. The fraction of sp³-hybridized carbons (Fsp3) is 0.654. The first-order chi connectivity index (χ1) is 13.3. The van der Waals surface area contributed by atoms with E-state index in [0.29, 0.717) is 12.0 Å². The molecule has 1 rings (SSSR count). The summed E-state index contributed by atoms with van der Waals surface area (Å²) in [6, 6.07) is 0.347. The van der Waals surface area contributed by atoms with E-state index >= 15 is 0 Å². The number of rotatable bonds is 12. The molecule has 28 heavy (non-hydrogen) atoms. The van der Waals surface area contributed by atoms with Crippen LogP contribution in [0.4, 0.5) is 0 Å². The van der Waals surface area contributed by atoms with Crippen molar-refractivity contribution in [3.05, 3.63) is 46.6 Å². The van der Waals surface area contributed by atoms with Gasteiger partial charge in [-0.15, -0.1) is 0 Å². The summed E-state index contributed by atoms with van der Waals surface area (Å²) in [6.45, 7) is 16.3. The maximum atomic E-state index is 5.73. The average molecular weight is 386 g/mol. The van der Waals surface area contributed by atoms with Gasteiger partial charge in [0.15, 0.2) is 0 Å². The van der Waals surface area contributed by atoms with E-state index in [1.807, 2.05) is 0 Å². The molecule has 0 unspecified atom stereocenters. The van der Waals surface area contributed by atoms with Crippen LogP contribution in [0.15, 0.2) is 51.6 Å². The summed E-state index contributed by atoms with van der Waals surface area (Å²) in [5.41, 5.74) is 5.77. The Labute approximate surface area is 174 Å². The van der Waals surface area contributed by atoms with Crippen molar-refractivity contribution in [3.63, 3.8) is 0 Å². The number of aliphatic imine (C=N–C) groups is 1. The Morgan fingerprint density at radius 2 is 1.43 bits per heavy atom. The number of nitrogens with zero attached hydrogens (tertiary/aromatic N) is 1. The van der Waals surface area contributed by atoms with Gasteiger partial charge in [-0.25, -0.2) is 4.99 Å². The lowest BCUT2D eigenvalue weighted by Gasteiger charge is -2.06. The number of hydrogen-bond acceptors (Lipinski definition) is 2. The molecule has 1 aliphatic heterocycles. The van der Waals surface area contributed by atoms with Gasteiger partial charge < -0.3 is 4.74 Å². The smallest absolute Gasteiger partial charge is 0.208 e. The summed E-state index contributed by atoms with van der Waals surface area (Å²) in [6.07, 6.45) is 17.2. The van der Waals surface area contributed by atoms with E-state index in [1.165, 1.54) is 35.1 Å². The topological polar surface area (TPSA) is 21.6 Å². The minimum atomic E-state index is 0.347. The minimum Gasteiger partial charge on any atom is -0.476 e. The molecule has 0 radical (unpaired) electrons. The Balaban J connectivity index is 2.31. The van der Waals surface area contributed by atoms with E-state index < -0.39 is 0 Å². The van der Waals surface area contributed by atoms with Gasteiger partial charge in [-0.2, -0.15) is 0 Å². The lowest BCUT2D eigenvalue weighted by Crippen LogP contribution is -2.09. The molecular formula is C26H43NO. The van der Waals surface area contributed by atoms with E-state index in [4.69, 9.17) is 9.73 Å². The van der Waals surface area contributed by atoms with Gasteiger partial charge in [0.25, 0.3) is 0 Å². The molecule has 0 aromatic heterocycles. The molecule has 0 aromatic carbocycles. The van der Waals surface area contributed by atoms with Crippen molar-refractivity contribution in [3.8, 4) is 0 Å². The zero-order valence-corrected chi connectivity index (χ0v) is 19.5. The highest BCUT2D eigenvalue weighted by Gasteiger charge is 2.18. The molecule has 0 bridgehead atoms. The van der Waals surface area contributed by atoms with Crippen molar-refractivity contribution in [2.75, 3.05) is 6.61 Å². The summed E-state index contributed by atoms with van der Waals surface area (Å²) in [7, 11) is 0. The Bertz CT molecular complexity index is 612. The van der Waals surface area contributed by atoms with Gasteiger partial charge >= 0.3 is 0 Å². The summed E-state index contributed by atoms with van der Waals surface area (Å²) in [4.78, 5) is 4.69. The summed E-state index contributed by atoms with van der Waals surface area (Å²) in [5, 5.41) is 0. The quantitative estimate of drug-likeness (QED) is 0.312. The Kier molecular flexibility index (Phi) is 11.9. The molecule has 0 aromatic rings. The van der Waals surface area contributed by atoms with Crippen LogP contribution in [0.3, 0.4) is 0 Å². The maximum absolute atomic E-state index is 5.73. The molecule has 1 heterocycles. The van der Waals surface area contributed by atoms with Crippen LogP contribution in [0.1, 0.15) is 93.4 Å². The molecule has 0 fully saturated rings. The molecule has 0 N–H and O–H groups in total. The van der Waals surface area contributed by atoms with Crippen molar-refractivity contribution in [1.82, 2.24) is 0 Å². The molecule has 0 saturated heterocycles. The van der Waals surface area contributed by atoms with Crippen molar-refractivity contribution in [1.29, 1.82) is 0 Å². The predicted octanol–water partition coefficient (Wildman–Crippen LogP) is 7.98. The first kappa shape index (κ1) is 24.5. The monoisotopic (exact) mass is 385 g/mol. The third-order valence-electron chi connectivity index (χ3n) is 5.00. The second kappa shape index (κ2) is 13.6. The normalized spacial score (nSPS) is 18.4. The van der Waals surface area contributed by atoms with Crippen molar-refractivity contribution >= 4 is 5.90 Å². The van der Waals surface area contributed by atoms with Gasteiger partial charge in [0, 0.05) is 0 Å². The summed E-state index contributed by atoms with van der Waals surface area (Å²) < 4.78 is 5.73. The van der Waals surface area contributed by atoms with E-state index in [1.54, 1.807) is 0 Å². The first-order valence-corrected chi connectivity index (χ1v) is 11.1. The Morgan fingerprint density at radius 3 is 1.96 bits per heavy atom. The molecule has 0 aliphatic carbocycles. The van der Waals surface area contributed by atoms with Gasteiger partial charge in [0.2, 0.25) is 5.90 Å². The largest absolute Gasteiger partial charge is 0.476 e. The number of allylic oxidation sites excluding steroid dienone is 7. The Morgan fingerprint density at radius 1 is 0.893 bits per heavy atom. The molecule has 1 aliphatic rings. The van der Waals surface area contributed by atoms with Gasteiger partial charge in [-0.05, 0) is 91.6 Å². The van der Waals surface area contributed by atoms with Gasteiger partial charge in [-0.1, -0.05) is 54.4 Å². The van der Waals surface area contributed by atoms with E-state index in [0.717, 1.165) is 44.6 Å². The van der Waals surface area contributed by atoms with Gasteiger partial charge in [0.05, 0.1) is 6.04 Å². The zero-order valence-electron chi connectivity index (χ0n) is 19.5. The van der Waals surface area contributed by atoms with Crippen LogP contribution in [0.2, 0.25) is 0 Å². The standard InChI is InChI=1S/C26H43NO/c1-20(2)11-8-12-22(5)13-9-14-23(6)15-10-16-24(7)18-26-27-25(19-28-26)17-21(3)4/h11,13,15,18,21,25H,8-10,12,14,16-17,19H2,1-7H3/b22-13+,23-15+,24-18+/t25-/m0/s1. The van der Waals surface area contributed by atoms with Crippen LogP contribution in [-0.4, -0.2) is 18.5 Å². The number of hydrogen-bond donors (Lipinski definition) is 0. The highest BCUT2D eigenvalue weighted by atomic mass is 16.5. The van der Waals surface area contributed by atoms with Crippen molar-refractivity contribution in [2.45, 2.75) is 99.5 Å². The van der Waals surface area contributed by atoms with Gasteiger partial charge in [0.1, 0.15) is 6.61 Å². The van der Waals surface area contributed by atoms with Crippen LogP contribution in [0, 0.1) is 5.92 Å². The summed E-state index contributed by atoms with van der Waals surface area (Å²) >= 11 is 0. The van der Waals surface area contributed by atoms with Crippen LogP contribution >= 0.6 is 0 Å². The fourth-order valence-corrected chi connectivity index (χ4v) is 3.35. The van der Waals surface area contributed by atoms with Crippen LogP contribution in [-0.2, 0) is 4.74 Å². The molecule has 0 saturated carbocycles. The number of ether oxygens (including phenoxy) is 1. The van der Waals surface area contributed by atoms with Crippen LogP contribution < -0.4 is 0 Å². The third kappa shape index (κ3) is 12.0. The molecule has 1 atom stereocenters. The second-order valence-corrected chi connectivity index (χ2v) is 9.05. The maximum Gasteiger partial charge on any atom is 0.208 e. The molecular weight excluding hydrogens is 342 g/mol. The lowest BCUT2D eigenvalue weighted by atomic mass is 10.0. The second-order valence-electron chi connectivity index (χ2n) is 9.05. The summed E-state index contributed by atoms with van der Waals surface area (Å²) in [5.74, 6) is 1.50. The lowest BCUT2D eigenvalue weighted by molar-refractivity contribution is 0.302. The average Bonchev–Trinajstić information content (AvgIpc) is 3.00. The molecule has 0 amide bonds. The molecule has 2 heteroatoms. The van der Waals surface area contributed by atoms with Crippen molar-refractivity contribution in [2.24, 2.45) is 10.9 Å². The SMILES string of the molecule is CC(C)=CCC/C(C)=C/CC/C(C)=C/CC/C(C)=C/C1=N[C@@H](CC(C)C)CO1. The minimum absolute atomic E-state index is 0.347. The molecule has 2 nitrogen and oxygen atoms in total. The third-order valence-corrected chi connectivity index (χ3v) is 5.00. The zero-order chi connectivity index (χ0) is 20.9. The van der Waals surface area contributed by atoms with Crippen molar-refractivity contribution < 1.29 is 4.74 Å². The van der Waals surface area contributed by atoms with Crippen LogP contribution in [0.5, 0.6) is 0 Å². The highest BCUT2D eigenvalue weighted by Crippen LogP contribution is 2.17. The molecule has 158 valence electrons. The fourth-order valence-electron chi connectivity index (χ4n) is 3.35. The first-order valence-electron chi connectivity index (χ1n) is 11.1. The molecule has 0 spiro atoms. The highest BCUT2D eigenvalue weighted by molar-refractivity contribution is 5.89. The van der Waals surface area contributed by atoms with E-state index in [2.05, 4.69) is 72.8 Å². The predicted molar refractivity (Wildman–Crippen MR) is 125 cm³/mol. The van der Waals surface area contributed by atoms with E-state index in [-0.39, 0.29) is 0 Å². The van der Waals surface area contributed by atoms with Gasteiger partial charge in [-0.3, -0.25) is 0 Å². The van der Waals surface area contributed by atoms with E-state index in [9.17, 15) is 0 Å².